The van der Waals surface area contributed by atoms with Crippen molar-refractivity contribution in [2.24, 2.45) is 0 Å². The maximum Gasteiger partial charge on any atom is 0.185 e. The lowest BCUT2D eigenvalue weighted by molar-refractivity contribution is 0.101. The lowest BCUT2D eigenvalue weighted by atomic mass is 9.97. The van der Waals surface area contributed by atoms with Gasteiger partial charge in [-0.15, -0.1) is 10.2 Å². The van der Waals surface area contributed by atoms with Crippen molar-refractivity contribution in [1.82, 2.24) is 19.8 Å². The molecule has 2 aromatic carbocycles. The molecule has 5 heteroatoms. The number of Topliss-reactive ketones (excluding diaryl/α,β-unsaturated/α-hetero) is 1. The summed E-state index contributed by atoms with van der Waals surface area (Å²) in [6.07, 6.45) is 0.775. The highest BCUT2D eigenvalue weighted by molar-refractivity contribution is 6.00. The van der Waals surface area contributed by atoms with Crippen LogP contribution in [0.25, 0.3) is 27.5 Å². The molecule has 4 rings (SSSR count). The minimum atomic E-state index is -0.104. The fourth-order valence-electron chi connectivity index (χ4n) is 3.34. The predicted molar refractivity (Wildman–Crippen MR) is 97.8 cm³/mol. The van der Waals surface area contributed by atoms with Gasteiger partial charge in [0.1, 0.15) is 5.69 Å². The Morgan fingerprint density at radius 1 is 1.08 bits per heavy atom. The van der Waals surface area contributed by atoms with Crippen LogP contribution in [0.3, 0.4) is 0 Å². The highest BCUT2D eigenvalue weighted by Crippen LogP contribution is 2.34. The Labute approximate surface area is 145 Å². The summed E-state index contributed by atoms with van der Waals surface area (Å²) in [5, 5.41) is 15.6. The Morgan fingerprint density at radius 3 is 2.60 bits per heavy atom. The van der Waals surface area contributed by atoms with Gasteiger partial charge in [-0.3, -0.25) is 4.79 Å². The van der Waals surface area contributed by atoms with Crippen LogP contribution in [0.1, 0.15) is 35.7 Å². The molecule has 0 fully saturated rings. The van der Waals surface area contributed by atoms with E-state index in [1.165, 1.54) is 12.3 Å². The van der Waals surface area contributed by atoms with E-state index >= 15 is 0 Å². The van der Waals surface area contributed by atoms with Gasteiger partial charge in [-0.1, -0.05) is 49.4 Å². The fraction of sp³-hybridized carbons (Fsp3) is 0.200. The molecule has 0 unspecified atom stereocenters. The summed E-state index contributed by atoms with van der Waals surface area (Å²) >= 11 is 0. The summed E-state index contributed by atoms with van der Waals surface area (Å²) in [5.74, 6) is -0.104. The Bertz CT molecular complexity index is 1120. The summed E-state index contributed by atoms with van der Waals surface area (Å²) in [5.41, 5.74) is 4.81. The average Bonchev–Trinajstić information content (AvgIpc) is 3.00. The van der Waals surface area contributed by atoms with Gasteiger partial charge >= 0.3 is 0 Å². The number of carbonyl (C=O) groups excluding carboxylic acids is 1. The van der Waals surface area contributed by atoms with E-state index in [-0.39, 0.29) is 5.78 Å². The monoisotopic (exact) mass is 330 g/mol. The molecule has 25 heavy (non-hydrogen) atoms. The van der Waals surface area contributed by atoms with Gasteiger partial charge in [0.05, 0.1) is 17.0 Å². The molecule has 0 saturated heterocycles. The first kappa shape index (κ1) is 15.4. The van der Waals surface area contributed by atoms with Gasteiger partial charge in [-0.05, 0) is 29.7 Å². The van der Waals surface area contributed by atoms with Crippen LogP contribution in [0.5, 0.6) is 0 Å². The molecule has 124 valence electrons. The number of hydrogen-bond donors (Lipinski definition) is 0. The standard InChI is InChI=1S/C20H18N4O/c1-4-17-18(16-11-7-9-14-8-5-6-10-15(14)16)20-22-21-19(13(3)25)12(2)24(20)23-17/h5-11H,4H2,1-3H3. The number of aromatic nitrogens is 4. The van der Waals surface area contributed by atoms with E-state index in [4.69, 9.17) is 5.10 Å². The molecule has 2 heterocycles. The number of benzene rings is 2. The number of fused-ring (bicyclic) bond motifs is 2. The zero-order chi connectivity index (χ0) is 17.6. The van der Waals surface area contributed by atoms with Crippen LogP contribution in [0.15, 0.2) is 42.5 Å². The maximum atomic E-state index is 11.8. The van der Waals surface area contributed by atoms with Crippen molar-refractivity contribution in [2.45, 2.75) is 27.2 Å². The molecule has 0 aliphatic rings. The average molecular weight is 330 g/mol. The largest absolute Gasteiger partial charge is 0.293 e. The van der Waals surface area contributed by atoms with Crippen LogP contribution in [0.2, 0.25) is 0 Å². The quantitative estimate of drug-likeness (QED) is 0.532. The van der Waals surface area contributed by atoms with Gasteiger partial charge in [0, 0.05) is 6.92 Å². The van der Waals surface area contributed by atoms with Crippen LogP contribution >= 0.6 is 0 Å². The summed E-state index contributed by atoms with van der Waals surface area (Å²) in [7, 11) is 0. The number of carbonyl (C=O) groups is 1. The third-order valence-corrected chi connectivity index (χ3v) is 4.57. The van der Waals surface area contributed by atoms with Crippen molar-refractivity contribution in [3.05, 3.63) is 59.5 Å². The van der Waals surface area contributed by atoms with E-state index < -0.39 is 0 Å². The third kappa shape index (κ3) is 2.31. The van der Waals surface area contributed by atoms with Crippen molar-refractivity contribution in [3.63, 3.8) is 0 Å². The molecule has 0 atom stereocenters. The van der Waals surface area contributed by atoms with Gasteiger partial charge in [0.2, 0.25) is 0 Å². The van der Waals surface area contributed by atoms with Gasteiger partial charge in [0.15, 0.2) is 11.4 Å². The fourth-order valence-corrected chi connectivity index (χ4v) is 3.34. The smallest absolute Gasteiger partial charge is 0.185 e. The topological polar surface area (TPSA) is 60.2 Å². The van der Waals surface area contributed by atoms with Crippen molar-refractivity contribution in [3.8, 4) is 11.1 Å². The van der Waals surface area contributed by atoms with Crippen LogP contribution in [0.4, 0.5) is 0 Å². The predicted octanol–water partition coefficient (Wildman–Crippen LogP) is 4.02. The number of nitrogens with zero attached hydrogens (tertiary/aromatic N) is 4. The van der Waals surface area contributed by atoms with Crippen molar-refractivity contribution in [2.75, 3.05) is 0 Å². The zero-order valence-corrected chi connectivity index (χ0v) is 14.4. The molecule has 0 bridgehead atoms. The number of aryl methyl sites for hydroxylation is 2. The summed E-state index contributed by atoms with van der Waals surface area (Å²) in [6, 6.07) is 14.5. The van der Waals surface area contributed by atoms with E-state index in [2.05, 4.69) is 41.4 Å². The van der Waals surface area contributed by atoms with E-state index in [1.807, 2.05) is 25.1 Å². The molecule has 0 spiro atoms. The second kappa shape index (κ2) is 5.77. The first-order chi connectivity index (χ1) is 12.1. The summed E-state index contributed by atoms with van der Waals surface area (Å²) < 4.78 is 1.75. The Kier molecular flexibility index (Phi) is 3.57. The summed E-state index contributed by atoms with van der Waals surface area (Å²) in [6.45, 7) is 5.43. The van der Waals surface area contributed by atoms with Crippen LogP contribution in [0, 0.1) is 6.92 Å². The lowest BCUT2D eigenvalue weighted by Crippen LogP contribution is -2.09. The van der Waals surface area contributed by atoms with E-state index in [1.54, 1.807) is 4.52 Å². The minimum absolute atomic E-state index is 0.104. The SMILES string of the molecule is CCc1nn2c(C)c(C(C)=O)nnc2c1-c1cccc2ccccc12. The Balaban J connectivity index is 2.10. The van der Waals surface area contributed by atoms with E-state index in [9.17, 15) is 4.79 Å². The van der Waals surface area contributed by atoms with Crippen LogP contribution in [-0.2, 0) is 6.42 Å². The molecule has 2 aromatic heterocycles. The van der Waals surface area contributed by atoms with Gasteiger partial charge < -0.3 is 0 Å². The van der Waals surface area contributed by atoms with Crippen molar-refractivity contribution >= 4 is 22.2 Å². The molecule has 0 aliphatic carbocycles. The molecule has 0 N–H and O–H groups in total. The Morgan fingerprint density at radius 2 is 1.84 bits per heavy atom. The van der Waals surface area contributed by atoms with Crippen LogP contribution in [-0.4, -0.2) is 25.6 Å². The molecule has 0 radical (unpaired) electrons. The maximum absolute atomic E-state index is 11.8. The molecule has 5 nitrogen and oxygen atoms in total. The highest BCUT2D eigenvalue weighted by Gasteiger charge is 2.20. The second-order valence-electron chi connectivity index (χ2n) is 6.13. The number of ketones is 1. The van der Waals surface area contributed by atoms with Gasteiger partial charge in [-0.25, -0.2) is 4.52 Å². The molecule has 0 amide bonds. The molecule has 0 aliphatic heterocycles. The van der Waals surface area contributed by atoms with Crippen molar-refractivity contribution in [1.29, 1.82) is 0 Å². The lowest BCUT2D eigenvalue weighted by Gasteiger charge is -2.07. The Hall–Kier alpha value is -3.08. The van der Waals surface area contributed by atoms with Gasteiger partial charge in [-0.2, -0.15) is 5.10 Å². The molecular weight excluding hydrogens is 312 g/mol. The minimum Gasteiger partial charge on any atom is -0.293 e. The molecule has 4 aromatic rings. The normalized spacial score (nSPS) is 11.3. The first-order valence-corrected chi connectivity index (χ1v) is 8.35. The molecule has 0 saturated carbocycles. The third-order valence-electron chi connectivity index (χ3n) is 4.57. The second-order valence-corrected chi connectivity index (χ2v) is 6.13. The van der Waals surface area contributed by atoms with E-state index in [0.29, 0.717) is 11.3 Å². The zero-order valence-electron chi connectivity index (χ0n) is 14.4. The molecular formula is C20H18N4O. The highest BCUT2D eigenvalue weighted by atomic mass is 16.1. The first-order valence-electron chi connectivity index (χ1n) is 8.35. The van der Waals surface area contributed by atoms with Gasteiger partial charge in [0.25, 0.3) is 0 Å². The number of hydrogen-bond acceptors (Lipinski definition) is 4. The summed E-state index contributed by atoms with van der Waals surface area (Å²) in [4.78, 5) is 11.8. The van der Waals surface area contributed by atoms with E-state index in [0.717, 1.165) is 34.3 Å². The number of rotatable bonds is 3. The van der Waals surface area contributed by atoms with Crippen LogP contribution < -0.4 is 0 Å². The van der Waals surface area contributed by atoms with Crippen molar-refractivity contribution < 1.29 is 4.79 Å².